The van der Waals surface area contributed by atoms with Gasteiger partial charge in [-0.15, -0.1) is 0 Å². The Morgan fingerprint density at radius 2 is 1.50 bits per heavy atom. The Morgan fingerprint density at radius 3 is 2.12 bits per heavy atom. The van der Waals surface area contributed by atoms with Crippen LogP contribution < -0.4 is 0 Å². The molecule has 0 atom stereocenters. The molecular weight excluding hydrogens is 300 g/mol. The molecular formula is C19H18N4O. The van der Waals surface area contributed by atoms with Gasteiger partial charge in [0.1, 0.15) is 5.75 Å². The van der Waals surface area contributed by atoms with Crippen LogP contribution in [-0.4, -0.2) is 24.2 Å². The molecule has 4 aromatic rings. The molecule has 0 spiro atoms. The smallest absolute Gasteiger partial charge is 0.115 e. The molecule has 5 heteroatoms. The number of hydrogen-bond donors (Lipinski definition) is 1. The summed E-state index contributed by atoms with van der Waals surface area (Å²) >= 11 is 0. The van der Waals surface area contributed by atoms with Gasteiger partial charge in [0.2, 0.25) is 0 Å². The maximum absolute atomic E-state index is 9.03. The maximum Gasteiger partial charge on any atom is 0.115 e. The van der Waals surface area contributed by atoms with Crippen LogP contribution in [0.3, 0.4) is 0 Å². The van der Waals surface area contributed by atoms with Gasteiger partial charge in [-0.05, 0) is 29.8 Å². The summed E-state index contributed by atoms with van der Waals surface area (Å²) < 4.78 is 3.93. The molecule has 0 radical (unpaired) electrons. The largest absolute Gasteiger partial charge is 0.508 e. The molecule has 4 rings (SSSR count). The van der Waals surface area contributed by atoms with Gasteiger partial charge < -0.3 is 14.2 Å². The summed E-state index contributed by atoms with van der Waals surface area (Å²) in [4.78, 5) is 7.90. The summed E-state index contributed by atoms with van der Waals surface area (Å²) in [5.74, 6) is 0.277. The monoisotopic (exact) mass is 318 g/mol. The highest BCUT2D eigenvalue weighted by atomic mass is 16.3. The lowest BCUT2D eigenvalue weighted by Gasteiger charge is -2.00. The number of phenolic OH excluding ortho intramolecular Hbond substituents is 1. The molecule has 0 aliphatic carbocycles. The van der Waals surface area contributed by atoms with Crippen molar-refractivity contribution in [2.24, 2.45) is 0 Å². The first kappa shape index (κ1) is 15.6. The van der Waals surface area contributed by atoms with E-state index in [1.165, 1.54) is 5.56 Å². The molecule has 2 heterocycles. The second kappa shape index (κ2) is 7.78. The standard InChI is InChI=1S/C10H10N2.C9H8N2O/c1-2-4-10(5-3-1)8-12-7-6-11-9-12;12-9-3-1-8(2-4-9)11-6-5-10-7-11/h1-7,9H,8H2;1-7,12H. The number of benzene rings is 2. The van der Waals surface area contributed by atoms with Gasteiger partial charge in [0.25, 0.3) is 0 Å². The Morgan fingerprint density at radius 1 is 0.792 bits per heavy atom. The highest BCUT2D eigenvalue weighted by Crippen LogP contribution is 2.12. The van der Waals surface area contributed by atoms with Crippen LogP contribution in [0, 0.1) is 0 Å². The molecule has 0 fully saturated rings. The van der Waals surface area contributed by atoms with Crippen molar-refractivity contribution in [2.45, 2.75) is 6.54 Å². The van der Waals surface area contributed by atoms with Crippen molar-refractivity contribution in [1.82, 2.24) is 19.1 Å². The minimum atomic E-state index is 0.277. The Labute approximate surface area is 140 Å². The zero-order chi connectivity index (χ0) is 16.6. The van der Waals surface area contributed by atoms with Crippen LogP contribution in [0.25, 0.3) is 5.69 Å². The summed E-state index contributed by atoms with van der Waals surface area (Å²) in [7, 11) is 0. The van der Waals surface area contributed by atoms with Gasteiger partial charge in [-0.3, -0.25) is 0 Å². The van der Waals surface area contributed by atoms with Crippen molar-refractivity contribution in [3.05, 3.63) is 97.6 Å². The molecule has 0 unspecified atom stereocenters. The number of aromatic nitrogens is 4. The van der Waals surface area contributed by atoms with E-state index in [-0.39, 0.29) is 5.75 Å². The second-order valence-electron chi connectivity index (χ2n) is 5.21. The lowest BCUT2D eigenvalue weighted by molar-refractivity contribution is 0.475. The molecule has 0 aliphatic rings. The summed E-state index contributed by atoms with van der Waals surface area (Å²) in [6.45, 7) is 0.904. The number of hydrogen-bond acceptors (Lipinski definition) is 3. The van der Waals surface area contributed by atoms with E-state index >= 15 is 0 Å². The van der Waals surface area contributed by atoms with Crippen molar-refractivity contribution in [2.75, 3.05) is 0 Å². The minimum absolute atomic E-state index is 0.277. The summed E-state index contributed by atoms with van der Waals surface area (Å²) in [6, 6.07) is 17.3. The normalized spacial score (nSPS) is 10.0. The topological polar surface area (TPSA) is 55.9 Å². The van der Waals surface area contributed by atoms with E-state index in [4.69, 9.17) is 5.11 Å². The van der Waals surface area contributed by atoms with Crippen LogP contribution >= 0.6 is 0 Å². The predicted octanol–water partition coefficient (Wildman–Crippen LogP) is 3.51. The first-order valence-corrected chi connectivity index (χ1v) is 7.58. The molecule has 1 N–H and O–H groups in total. The number of phenols is 1. The third-order valence-corrected chi connectivity index (χ3v) is 3.42. The second-order valence-corrected chi connectivity index (χ2v) is 5.21. The van der Waals surface area contributed by atoms with E-state index in [9.17, 15) is 0 Å². The highest BCUT2D eigenvalue weighted by molar-refractivity contribution is 5.36. The number of rotatable bonds is 3. The van der Waals surface area contributed by atoms with Crippen molar-refractivity contribution in [3.8, 4) is 11.4 Å². The van der Waals surface area contributed by atoms with E-state index in [0.29, 0.717) is 0 Å². The highest BCUT2D eigenvalue weighted by Gasteiger charge is 1.93. The van der Waals surface area contributed by atoms with Gasteiger partial charge in [-0.1, -0.05) is 30.3 Å². The Kier molecular flexibility index (Phi) is 5.04. The van der Waals surface area contributed by atoms with Gasteiger partial charge in [-0.2, -0.15) is 0 Å². The fraction of sp³-hybridized carbons (Fsp3) is 0.0526. The van der Waals surface area contributed by atoms with Crippen molar-refractivity contribution in [3.63, 3.8) is 0 Å². The SMILES string of the molecule is Oc1ccc(-n2ccnc2)cc1.c1ccc(Cn2ccnc2)cc1. The molecule has 120 valence electrons. The van der Waals surface area contributed by atoms with E-state index in [0.717, 1.165) is 12.2 Å². The van der Waals surface area contributed by atoms with Crippen molar-refractivity contribution in [1.29, 1.82) is 0 Å². The van der Waals surface area contributed by atoms with Crippen LogP contribution in [0.1, 0.15) is 5.56 Å². The van der Waals surface area contributed by atoms with Gasteiger partial charge in [0.15, 0.2) is 0 Å². The number of imidazole rings is 2. The first-order valence-electron chi connectivity index (χ1n) is 7.58. The van der Waals surface area contributed by atoms with E-state index in [2.05, 4.69) is 26.7 Å². The molecule has 5 nitrogen and oxygen atoms in total. The summed E-state index contributed by atoms with van der Waals surface area (Å²) in [5, 5.41) is 9.03. The molecule has 0 saturated carbocycles. The van der Waals surface area contributed by atoms with Crippen LogP contribution in [0.2, 0.25) is 0 Å². The number of aromatic hydroxyl groups is 1. The van der Waals surface area contributed by atoms with Crippen LogP contribution in [0.15, 0.2) is 92.0 Å². The number of nitrogens with zero attached hydrogens (tertiary/aromatic N) is 4. The Balaban J connectivity index is 0.000000141. The molecule has 0 amide bonds. The fourth-order valence-corrected chi connectivity index (χ4v) is 2.21. The zero-order valence-electron chi connectivity index (χ0n) is 13.1. The fourth-order valence-electron chi connectivity index (χ4n) is 2.21. The van der Waals surface area contributed by atoms with Gasteiger partial charge >= 0.3 is 0 Å². The average Bonchev–Trinajstić information content (AvgIpc) is 3.31. The van der Waals surface area contributed by atoms with Crippen molar-refractivity contribution >= 4 is 0 Å². The van der Waals surface area contributed by atoms with Gasteiger partial charge in [0, 0.05) is 37.0 Å². The van der Waals surface area contributed by atoms with Crippen LogP contribution in [0.5, 0.6) is 5.75 Å². The van der Waals surface area contributed by atoms with Crippen LogP contribution in [-0.2, 0) is 6.54 Å². The average molecular weight is 318 g/mol. The van der Waals surface area contributed by atoms with E-state index in [1.54, 1.807) is 30.9 Å². The first-order chi connectivity index (χ1) is 11.8. The molecule has 0 aliphatic heterocycles. The Hall–Kier alpha value is -3.34. The van der Waals surface area contributed by atoms with E-state index in [1.807, 2.05) is 53.6 Å². The third-order valence-electron chi connectivity index (χ3n) is 3.42. The van der Waals surface area contributed by atoms with Gasteiger partial charge in [-0.25, -0.2) is 9.97 Å². The lowest BCUT2D eigenvalue weighted by atomic mass is 10.2. The third kappa shape index (κ3) is 4.33. The summed E-state index contributed by atoms with van der Waals surface area (Å²) in [5.41, 5.74) is 2.29. The molecule has 0 bridgehead atoms. The molecule has 24 heavy (non-hydrogen) atoms. The maximum atomic E-state index is 9.03. The molecule has 2 aromatic carbocycles. The summed E-state index contributed by atoms with van der Waals surface area (Å²) in [6.07, 6.45) is 10.9. The van der Waals surface area contributed by atoms with E-state index < -0.39 is 0 Å². The van der Waals surface area contributed by atoms with Gasteiger partial charge in [0.05, 0.1) is 12.7 Å². The molecule has 2 aromatic heterocycles. The lowest BCUT2D eigenvalue weighted by Crippen LogP contribution is -1.95. The predicted molar refractivity (Wildman–Crippen MR) is 93.0 cm³/mol. The Bertz CT molecular complexity index is 823. The minimum Gasteiger partial charge on any atom is -0.508 e. The molecule has 0 saturated heterocycles. The van der Waals surface area contributed by atoms with Crippen molar-refractivity contribution < 1.29 is 5.11 Å². The zero-order valence-corrected chi connectivity index (χ0v) is 13.1. The van der Waals surface area contributed by atoms with Crippen LogP contribution in [0.4, 0.5) is 0 Å². The quantitative estimate of drug-likeness (QED) is 0.629.